The van der Waals surface area contributed by atoms with Crippen molar-refractivity contribution in [1.82, 2.24) is 9.80 Å². The first-order valence-electron chi connectivity index (χ1n) is 10.6. The number of hydrogen-bond acceptors (Lipinski definition) is 5. The van der Waals surface area contributed by atoms with Gasteiger partial charge < -0.3 is 19.3 Å². The summed E-state index contributed by atoms with van der Waals surface area (Å²) in [5.74, 6) is -1.65. The van der Waals surface area contributed by atoms with Gasteiger partial charge in [0.25, 0.3) is 5.91 Å². The lowest BCUT2D eigenvalue weighted by Crippen LogP contribution is -2.33. The molecule has 1 aromatic heterocycles. The Bertz CT molecular complexity index is 1280. The maximum absolute atomic E-state index is 13.6. The summed E-state index contributed by atoms with van der Waals surface area (Å²) in [6, 6.07) is 11.4. The predicted molar refractivity (Wildman–Crippen MR) is 129 cm³/mol. The Balaban J connectivity index is 1.77. The Labute approximate surface area is 202 Å². The monoisotopic (exact) mass is 486 g/mol. The molecule has 1 unspecified atom stereocenters. The molecule has 1 aliphatic heterocycles. The quantitative estimate of drug-likeness (QED) is 0.441. The highest BCUT2D eigenvalue weighted by molar-refractivity contribution is 6.42. The van der Waals surface area contributed by atoms with Crippen molar-refractivity contribution < 1.29 is 19.1 Å². The Morgan fingerprint density at radius 1 is 1.12 bits per heavy atom. The summed E-state index contributed by atoms with van der Waals surface area (Å²) in [4.78, 5) is 30.1. The van der Waals surface area contributed by atoms with Crippen LogP contribution in [0, 0.1) is 6.92 Å². The number of halogens is 2. The molecule has 6 nitrogen and oxygen atoms in total. The van der Waals surface area contributed by atoms with Crippen molar-refractivity contribution in [2.75, 3.05) is 27.2 Å². The van der Waals surface area contributed by atoms with Gasteiger partial charge in [0.15, 0.2) is 11.5 Å². The molecule has 0 spiro atoms. The number of rotatable bonds is 7. The number of Topliss-reactive ketones (excluding diaryl/α,β-unsaturated/α-hetero) is 1. The molecule has 1 atom stereocenters. The van der Waals surface area contributed by atoms with Gasteiger partial charge in [-0.05, 0) is 69.9 Å². The number of fused-ring (bicyclic) bond motifs is 1. The van der Waals surface area contributed by atoms with Crippen molar-refractivity contribution in [3.05, 3.63) is 80.7 Å². The largest absolute Gasteiger partial charge is 0.503 e. The number of ketones is 1. The second-order valence-corrected chi connectivity index (χ2v) is 9.29. The lowest BCUT2D eigenvalue weighted by Gasteiger charge is -2.27. The van der Waals surface area contributed by atoms with E-state index in [1.54, 1.807) is 30.3 Å². The lowest BCUT2D eigenvalue weighted by atomic mass is 9.95. The number of benzene rings is 2. The normalized spacial score (nSPS) is 16.5. The topological polar surface area (TPSA) is 74.0 Å². The minimum absolute atomic E-state index is 0.0287. The molecule has 2 heterocycles. The average Bonchev–Trinajstić information content (AvgIpc) is 3.29. The zero-order chi connectivity index (χ0) is 23.9. The smallest absolute Gasteiger partial charge is 0.290 e. The van der Waals surface area contributed by atoms with E-state index < -0.39 is 23.5 Å². The maximum atomic E-state index is 13.6. The molecule has 0 saturated carbocycles. The van der Waals surface area contributed by atoms with Crippen LogP contribution in [-0.2, 0) is 4.79 Å². The summed E-state index contributed by atoms with van der Waals surface area (Å²) in [5.41, 5.74) is 2.14. The van der Waals surface area contributed by atoms with Crippen molar-refractivity contribution in [3.8, 4) is 0 Å². The fourth-order valence-corrected chi connectivity index (χ4v) is 4.42. The molecule has 4 rings (SSSR count). The molecule has 1 amide bonds. The molecule has 1 aliphatic rings. The van der Waals surface area contributed by atoms with E-state index in [1.165, 1.54) is 4.90 Å². The van der Waals surface area contributed by atoms with Crippen molar-refractivity contribution in [2.24, 2.45) is 0 Å². The van der Waals surface area contributed by atoms with Gasteiger partial charge in [-0.25, -0.2) is 0 Å². The summed E-state index contributed by atoms with van der Waals surface area (Å²) in [7, 11) is 3.88. The van der Waals surface area contributed by atoms with Gasteiger partial charge >= 0.3 is 0 Å². The number of aliphatic hydroxyl groups is 1. The molecule has 0 fully saturated rings. The average molecular weight is 487 g/mol. The Kier molecular flexibility index (Phi) is 6.52. The number of nitrogens with zero attached hydrogens (tertiary/aromatic N) is 2. The van der Waals surface area contributed by atoms with Crippen LogP contribution in [0.1, 0.15) is 34.1 Å². The van der Waals surface area contributed by atoms with E-state index in [1.807, 2.05) is 38.1 Å². The third-order valence-electron chi connectivity index (χ3n) is 5.71. The summed E-state index contributed by atoms with van der Waals surface area (Å²) in [5, 5.41) is 12.2. The molecular formula is C25H24Cl2N2O4. The predicted octanol–water partition coefficient (Wildman–Crippen LogP) is 5.58. The first-order chi connectivity index (χ1) is 15.7. The molecule has 1 N–H and O–H groups in total. The van der Waals surface area contributed by atoms with Crippen LogP contribution in [0.2, 0.25) is 10.0 Å². The van der Waals surface area contributed by atoms with E-state index in [0.29, 0.717) is 34.2 Å². The van der Waals surface area contributed by atoms with E-state index in [9.17, 15) is 14.7 Å². The highest BCUT2D eigenvalue weighted by Crippen LogP contribution is 2.41. The molecule has 0 radical (unpaired) electrons. The van der Waals surface area contributed by atoms with Gasteiger partial charge in [0.05, 0.1) is 21.7 Å². The van der Waals surface area contributed by atoms with Crippen molar-refractivity contribution in [3.63, 3.8) is 0 Å². The van der Waals surface area contributed by atoms with Gasteiger partial charge in [-0.1, -0.05) is 40.9 Å². The lowest BCUT2D eigenvalue weighted by molar-refractivity contribution is -0.129. The maximum Gasteiger partial charge on any atom is 0.290 e. The Hall–Kier alpha value is -2.80. The van der Waals surface area contributed by atoms with Gasteiger partial charge in [0.1, 0.15) is 5.58 Å². The molecule has 33 heavy (non-hydrogen) atoms. The highest BCUT2D eigenvalue weighted by atomic mass is 35.5. The van der Waals surface area contributed by atoms with Crippen molar-refractivity contribution in [1.29, 1.82) is 0 Å². The molecular weight excluding hydrogens is 463 g/mol. The molecule has 0 saturated heterocycles. The standard InChI is InChI=1S/C25H24Cl2N2O4/c1-14-5-8-19-16(11-14)13-20(33-19)23(30)21-22(15-6-7-17(26)18(27)12-15)29(25(32)24(21)31)10-4-9-28(2)3/h5-8,11-13,22,31H,4,9-10H2,1-3H3. The van der Waals surface area contributed by atoms with E-state index >= 15 is 0 Å². The minimum atomic E-state index is -0.808. The Morgan fingerprint density at radius 2 is 1.88 bits per heavy atom. The van der Waals surface area contributed by atoms with Gasteiger partial charge in [-0.3, -0.25) is 9.59 Å². The van der Waals surface area contributed by atoms with Crippen LogP contribution in [0.3, 0.4) is 0 Å². The van der Waals surface area contributed by atoms with Crippen molar-refractivity contribution >= 4 is 45.9 Å². The number of aliphatic hydroxyl groups excluding tert-OH is 1. The fourth-order valence-electron chi connectivity index (χ4n) is 4.11. The second kappa shape index (κ2) is 9.21. The zero-order valence-corrected chi connectivity index (χ0v) is 20.1. The highest BCUT2D eigenvalue weighted by Gasteiger charge is 2.44. The number of hydrogen-bond donors (Lipinski definition) is 1. The molecule has 0 aliphatic carbocycles. The first kappa shape index (κ1) is 23.4. The Morgan fingerprint density at radius 3 is 2.58 bits per heavy atom. The molecule has 0 bridgehead atoms. The van der Waals surface area contributed by atoms with Crippen LogP contribution < -0.4 is 0 Å². The van der Waals surface area contributed by atoms with Crippen LogP contribution >= 0.6 is 23.2 Å². The van der Waals surface area contributed by atoms with E-state index in [2.05, 4.69) is 0 Å². The fraction of sp³-hybridized carbons (Fsp3) is 0.280. The van der Waals surface area contributed by atoms with Gasteiger partial charge in [0.2, 0.25) is 5.78 Å². The zero-order valence-electron chi connectivity index (χ0n) is 18.6. The minimum Gasteiger partial charge on any atom is -0.503 e. The summed E-state index contributed by atoms with van der Waals surface area (Å²) in [6.45, 7) is 3.04. The molecule has 3 aromatic rings. The van der Waals surface area contributed by atoms with Gasteiger partial charge in [0, 0.05) is 11.9 Å². The number of furan rings is 1. The van der Waals surface area contributed by atoms with Crippen LogP contribution in [0.4, 0.5) is 0 Å². The van der Waals surface area contributed by atoms with Gasteiger partial charge in [-0.15, -0.1) is 0 Å². The molecule has 2 aromatic carbocycles. The van der Waals surface area contributed by atoms with E-state index in [0.717, 1.165) is 17.5 Å². The first-order valence-corrected chi connectivity index (χ1v) is 11.3. The van der Waals surface area contributed by atoms with Crippen LogP contribution in [-0.4, -0.2) is 53.8 Å². The van der Waals surface area contributed by atoms with Crippen LogP contribution in [0.5, 0.6) is 0 Å². The SMILES string of the molecule is Cc1ccc2oc(C(=O)C3=C(O)C(=O)N(CCCN(C)C)C3c3ccc(Cl)c(Cl)c3)cc2c1. The summed E-state index contributed by atoms with van der Waals surface area (Å²) >= 11 is 12.3. The number of amides is 1. The summed E-state index contributed by atoms with van der Waals surface area (Å²) < 4.78 is 5.78. The van der Waals surface area contributed by atoms with Gasteiger partial charge in [-0.2, -0.15) is 0 Å². The number of carbonyl (C=O) groups is 2. The summed E-state index contributed by atoms with van der Waals surface area (Å²) in [6.07, 6.45) is 0.662. The van der Waals surface area contributed by atoms with E-state index in [4.69, 9.17) is 27.6 Å². The van der Waals surface area contributed by atoms with Crippen molar-refractivity contribution in [2.45, 2.75) is 19.4 Å². The van der Waals surface area contributed by atoms with Crippen LogP contribution in [0.25, 0.3) is 11.0 Å². The third kappa shape index (κ3) is 4.51. The second-order valence-electron chi connectivity index (χ2n) is 8.47. The number of aryl methyl sites for hydroxylation is 1. The molecule has 172 valence electrons. The molecule has 8 heteroatoms. The van der Waals surface area contributed by atoms with Crippen LogP contribution in [0.15, 0.2) is 58.2 Å². The third-order valence-corrected chi connectivity index (χ3v) is 6.45. The van der Waals surface area contributed by atoms with E-state index in [-0.39, 0.29) is 11.3 Å². The number of carbonyl (C=O) groups excluding carboxylic acids is 2.